The summed E-state index contributed by atoms with van der Waals surface area (Å²) in [4.78, 5) is 23.8. The molecule has 1 aromatic rings. The second-order valence-corrected chi connectivity index (χ2v) is 6.38. The van der Waals surface area contributed by atoms with Crippen molar-refractivity contribution in [2.45, 2.75) is 45.3 Å². The molecule has 138 valence electrons. The maximum absolute atomic E-state index is 12.8. The van der Waals surface area contributed by atoms with E-state index in [1.165, 1.54) is 0 Å². The fourth-order valence-corrected chi connectivity index (χ4v) is 3.10. The molecule has 0 bridgehead atoms. The molecule has 2 unspecified atom stereocenters. The molecule has 1 fully saturated rings. The predicted octanol–water partition coefficient (Wildman–Crippen LogP) is 3.42. The number of carbonyl (C=O) groups excluding carboxylic acids is 2. The lowest BCUT2D eigenvalue weighted by atomic mass is 9.80. The van der Waals surface area contributed by atoms with Gasteiger partial charge < -0.3 is 10.6 Å². The monoisotopic (exact) mass is 356 g/mol. The summed E-state index contributed by atoms with van der Waals surface area (Å²) < 4.78 is 38.5. The van der Waals surface area contributed by atoms with Crippen LogP contribution in [0.5, 0.6) is 0 Å². The van der Waals surface area contributed by atoms with Gasteiger partial charge in [-0.15, -0.1) is 0 Å². The zero-order chi connectivity index (χ0) is 18.4. The summed E-state index contributed by atoms with van der Waals surface area (Å²) in [5, 5.41) is 5.40. The highest BCUT2D eigenvalue weighted by Gasteiger charge is 2.43. The van der Waals surface area contributed by atoms with Crippen LogP contribution in [0.1, 0.15) is 48.5 Å². The number of rotatable bonds is 5. The standard InChI is InChI=1S/C18H23F3N2O2/c1-2-22-16(24)13-8-6-12(7-9-13)11-23-17(25)14-4-3-5-15(10-14)18(19,20)21/h6-9,14-15H,2-5,10-11H2,1H3,(H,22,24)(H,23,25). The van der Waals surface area contributed by atoms with Crippen LogP contribution in [0.4, 0.5) is 13.2 Å². The summed E-state index contributed by atoms with van der Waals surface area (Å²) in [7, 11) is 0. The smallest absolute Gasteiger partial charge is 0.352 e. The number of benzene rings is 1. The van der Waals surface area contributed by atoms with E-state index in [1.807, 2.05) is 6.92 Å². The van der Waals surface area contributed by atoms with Gasteiger partial charge in [0.05, 0.1) is 5.92 Å². The summed E-state index contributed by atoms with van der Waals surface area (Å²) in [6.45, 7) is 2.61. The molecule has 2 atom stereocenters. The number of hydrogen-bond donors (Lipinski definition) is 2. The highest BCUT2D eigenvalue weighted by molar-refractivity contribution is 5.94. The van der Waals surface area contributed by atoms with Gasteiger partial charge in [-0.25, -0.2) is 0 Å². The molecule has 1 aromatic carbocycles. The maximum atomic E-state index is 12.8. The molecule has 0 aromatic heterocycles. The third-order valence-electron chi connectivity index (χ3n) is 4.53. The summed E-state index contributed by atoms with van der Waals surface area (Å²) in [6, 6.07) is 6.77. The van der Waals surface area contributed by atoms with Crippen molar-refractivity contribution in [1.82, 2.24) is 10.6 Å². The molecule has 0 saturated heterocycles. The van der Waals surface area contributed by atoms with E-state index in [1.54, 1.807) is 24.3 Å². The van der Waals surface area contributed by atoms with Crippen LogP contribution in [0, 0.1) is 11.8 Å². The number of alkyl halides is 3. The van der Waals surface area contributed by atoms with Gasteiger partial charge in [0, 0.05) is 24.6 Å². The Kier molecular flexibility index (Phi) is 6.45. The van der Waals surface area contributed by atoms with Crippen LogP contribution in [0.15, 0.2) is 24.3 Å². The van der Waals surface area contributed by atoms with Crippen LogP contribution < -0.4 is 10.6 Å². The van der Waals surface area contributed by atoms with Crippen LogP contribution in [0.25, 0.3) is 0 Å². The quantitative estimate of drug-likeness (QED) is 0.849. The van der Waals surface area contributed by atoms with Crippen molar-refractivity contribution >= 4 is 11.8 Å². The fraction of sp³-hybridized carbons (Fsp3) is 0.556. The van der Waals surface area contributed by atoms with E-state index in [-0.39, 0.29) is 31.2 Å². The Morgan fingerprint density at radius 1 is 1.12 bits per heavy atom. The Labute approximate surface area is 145 Å². The van der Waals surface area contributed by atoms with E-state index >= 15 is 0 Å². The van der Waals surface area contributed by atoms with Crippen LogP contribution >= 0.6 is 0 Å². The minimum absolute atomic E-state index is 0.106. The lowest BCUT2D eigenvalue weighted by Gasteiger charge is -2.29. The number of amides is 2. The largest absolute Gasteiger partial charge is 0.391 e. The molecule has 7 heteroatoms. The molecule has 0 radical (unpaired) electrons. The van der Waals surface area contributed by atoms with Crippen molar-refractivity contribution in [3.8, 4) is 0 Å². The van der Waals surface area contributed by atoms with Gasteiger partial charge in [-0.2, -0.15) is 13.2 Å². The molecule has 1 aliphatic rings. The molecule has 0 aliphatic heterocycles. The van der Waals surface area contributed by atoms with Gasteiger partial charge >= 0.3 is 6.18 Å². The van der Waals surface area contributed by atoms with Crippen molar-refractivity contribution in [1.29, 1.82) is 0 Å². The summed E-state index contributed by atoms with van der Waals surface area (Å²) in [5.41, 5.74) is 1.32. The van der Waals surface area contributed by atoms with E-state index in [9.17, 15) is 22.8 Å². The van der Waals surface area contributed by atoms with Gasteiger partial charge in [0.25, 0.3) is 5.91 Å². The van der Waals surface area contributed by atoms with Gasteiger partial charge in [-0.1, -0.05) is 18.6 Å². The predicted molar refractivity (Wildman–Crippen MR) is 87.8 cm³/mol. The lowest BCUT2D eigenvalue weighted by Crippen LogP contribution is -2.37. The van der Waals surface area contributed by atoms with Gasteiger partial charge in [0.1, 0.15) is 0 Å². The first-order valence-electron chi connectivity index (χ1n) is 8.52. The SMILES string of the molecule is CCNC(=O)c1ccc(CNC(=O)C2CCCC(C(F)(F)F)C2)cc1. The molecule has 25 heavy (non-hydrogen) atoms. The molecule has 4 nitrogen and oxygen atoms in total. The highest BCUT2D eigenvalue weighted by Crippen LogP contribution is 2.39. The minimum atomic E-state index is -4.23. The summed E-state index contributed by atoms with van der Waals surface area (Å²) >= 11 is 0. The van der Waals surface area contributed by atoms with Crippen molar-refractivity contribution in [2.24, 2.45) is 11.8 Å². The van der Waals surface area contributed by atoms with E-state index in [2.05, 4.69) is 10.6 Å². The second kappa shape index (κ2) is 8.36. The Hall–Kier alpha value is -2.05. The molecule has 0 spiro atoms. The zero-order valence-corrected chi connectivity index (χ0v) is 14.2. The second-order valence-electron chi connectivity index (χ2n) is 6.38. The van der Waals surface area contributed by atoms with Crippen molar-refractivity contribution in [2.75, 3.05) is 6.54 Å². The number of carbonyl (C=O) groups is 2. The third kappa shape index (κ3) is 5.47. The van der Waals surface area contributed by atoms with E-state index in [0.29, 0.717) is 24.9 Å². The van der Waals surface area contributed by atoms with Gasteiger partial charge in [-0.05, 0) is 43.9 Å². The Morgan fingerprint density at radius 3 is 2.40 bits per heavy atom. The average molecular weight is 356 g/mol. The number of halogens is 3. The first-order chi connectivity index (χ1) is 11.8. The Bertz CT molecular complexity index is 599. The topological polar surface area (TPSA) is 58.2 Å². The Balaban J connectivity index is 1.86. The van der Waals surface area contributed by atoms with E-state index in [4.69, 9.17) is 0 Å². The normalized spacial score (nSPS) is 20.8. The first kappa shape index (κ1) is 19.3. The zero-order valence-electron chi connectivity index (χ0n) is 14.2. The molecule has 2 N–H and O–H groups in total. The molecular formula is C18H23F3N2O2. The first-order valence-corrected chi connectivity index (χ1v) is 8.52. The van der Waals surface area contributed by atoms with Gasteiger partial charge in [-0.3, -0.25) is 9.59 Å². The summed E-state index contributed by atoms with van der Waals surface area (Å²) in [5.74, 6) is -2.47. The van der Waals surface area contributed by atoms with Crippen molar-refractivity contribution < 1.29 is 22.8 Å². The molecule has 1 saturated carbocycles. The molecule has 2 amide bonds. The van der Waals surface area contributed by atoms with Crippen LogP contribution in [-0.2, 0) is 11.3 Å². The molecular weight excluding hydrogens is 333 g/mol. The van der Waals surface area contributed by atoms with Gasteiger partial charge in [0.2, 0.25) is 5.91 Å². The fourth-order valence-electron chi connectivity index (χ4n) is 3.10. The van der Waals surface area contributed by atoms with E-state index in [0.717, 1.165) is 5.56 Å². The lowest BCUT2D eigenvalue weighted by molar-refractivity contribution is -0.186. The number of nitrogens with one attached hydrogen (secondary N) is 2. The van der Waals surface area contributed by atoms with Crippen LogP contribution in [-0.4, -0.2) is 24.5 Å². The third-order valence-corrected chi connectivity index (χ3v) is 4.53. The average Bonchev–Trinajstić information content (AvgIpc) is 2.59. The van der Waals surface area contributed by atoms with Crippen molar-refractivity contribution in [3.05, 3.63) is 35.4 Å². The maximum Gasteiger partial charge on any atom is 0.391 e. The van der Waals surface area contributed by atoms with Crippen LogP contribution in [0.3, 0.4) is 0 Å². The highest BCUT2D eigenvalue weighted by atomic mass is 19.4. The number of hydrogen-bond acceptors (Lipinski definition) is 2. The molecule has 2 rings (SSSR count). The summed E-state index contributed by atoms with van der Waals surface area (Å²) in [6.07, 6.45) is -3.34. The van der Waals surface area contributed by atoms with E-state index < -0.39 is 18.0 Å². The van der Waals surface area contributed by atoms with Crippen molar-refractivity contribution in [3.63, 3.8) is 0 Å². The van der Waals surface area contributed by atoms with Gasteiger partial charge in [0.15, 0.2) is 0 Å². The minimum Gasteiger partial charge on any atom is -0.352 e. The Morgan fingerprint density at radius 2 is 1.80 bits per heavy atom. The molecule has 0 heterocycles. The molecule has 1 aliphatic carbocycles. The van der Waals surface area contributed by atoms with Crippen LogP contribution in [0.2, 0.25) is 0 Å².